The summed E-state index contributed by atoms with van der Waals surface area (Å²) in [5.41, 5.74) is 1.58. The summed E-state index contributed by atoms with van der Waals surface area (Å²) < 4.78 is 27.4. The Morgan fingerprint density at radius 1 is 0.879 bits per heavy atom. The molecule has 0 unspecified atom stereocenters. The largest absolute Gasteiger partial charge is 0.493 e. The Balaban J connectivity index is 1.59. The van der Waals surface area contributed by atoms with Gasteiger partial charge in [-0.3, -0.25) is 4.90 Å². The summed E-state index contributed by atoms with van der Waals surface area (Å²) in [7, 11) is 8.52. The SMILES string of the molecule is COc1ccc(C(=O)OC2=C[C@@H]3N(C)CC[C@]3(c3ccc(OC)c(OC)c3)CC2)cc1OC. The molecule has 2 atom stereocenters. The second-order valence-corrected chi connectivity index (χ2v) is 8.49. The van der Waals surface area contributed by atoms with Crippen molar-refractivity contribution in [2.75, 3.05) is 42.0 Å². The van der Waals surface area contributed by atoms with Crippen LogP contribution in [0.2, 0.25) is 0 Å². The fraction of sp³-hybridized carbons (Fsp3) is 0.423. The number of hydrogen-bond acceptors (Lipinski definition) is 7. The maximum absolute atomic E-state index is 12.9. The molecule has 1 aliphatic carbocycles. The lowest BCUT2D eigenvalue weighted by atomic mass is 9.68. The first kappa shape index (κ1) is 23.0. The Hall–Kier alpha value is -3.19. The monoisotopic (exact) mass is 453 g/mol. The molecule has 0 N–H and O–H groups in total. The molecule has 0 amide bonds. The van der Waals surface area contributed by atoms with Crippen molar-refractivity contribution in [1.82, 2.24) is 4.90 Å². The van der Waals surface area contributed by atoms with E-state index < -0.39 is 5.97 Å². The number of nitrogens with zero attached hydrogens (tertiary/aromatic N) is 1. The normalized spacial score (nSPS) is 22.2. The van der Waals surface area contributed by atoms with Crippen LogP contribution in [0, 0.1) is 0 Å². The molecule has 0 bridgehead atoms. The predicted octanol–water partition coefficient (Wildman–Crippen LogP) is 4.20. The van der Waals surface area contributed by atoms with Crippen LogP contribution in [-0.2, 0) is 10.2 Å². The van der Waals surface area contributed by atoms with Crippen molar-refractivity contribution in [2.45, 2.75) is 30.7 Å². The number of esters is 1. The maximum atomic E-state index is 12.9. The van der Waals surface area contributed by atoms with Crippen LogP contribution >= 0.6 is 0 Å². The number of allylic oxidation sites excluding steroid dienone is 1. The Kier molecular flexibility index (Phi) is 6.51. The number of carbonyl (C=O) groups excluding carboxylic acids is 1. The number of carbonyl (C=O) groups is 1. The third kappa shape index (κ3) is 4.13. The van der Waals surface area contributed by atoms with Crippen LogP contribution in [0.1, 0.15) is 35.2 Å². The van der Waals surface area contributed by atoms with Gasteiger partial charge in [0.1, 0.15) is 5.76 Å². The highest BCUT2D eigenvalue weighted by molar-refractivity contribution is 5.91. The lowest BCUT2D eigenvalue weighted by Crippen LogP contribution is -2.42. The zero-order valence-corrected chi connectivity index (χ0v) is 19.8. The van der Waals surface area contributed by atoms with Crippen molar-refractivity contribution in [3.05, 3.63) is 59.4 Å². The van der Waals surface area contributed by atoms with E-state index in [0.717, 1.165) is 30.9 Å². The first-order valence-corrected chi connectivity index (χ1v) is 11.0. The lowest BCUT2D eigenvalue weighted by Gasteiger charge is -2.40. The standard InChI is InChI=1S/C26H31NO6/c1-27-13-12-26(18-7-9-21(30-3)23(15-18)32-5)11-10-19(16-24(26)27)33-25(28)17-6-8-20(29-2)22(14-17)31-4/h6-9,14-16,24H,10-13H2,1-5H3/t24-,26-/m0/s1. The number of likely N-dealkylation sites (N-methyl/N-ethyl adjacent to an activating group) is 1. The zero-order chi connectivity index (χ0) is 23.6. The van der Waals surface area contributed by atoms with Gasteiger partial charge in [0, 0.05) is 17.9 Å². The minimum Gasteiger partial charge on any atom is -0.493 e. The molecule has 2 aromatic carbocycles. The fourth-order valence-electron chi connectivity index (χ4n) is 5.08. The van der Waals surface area contributed by atoms with Crippen molar-refractivity contribution in [1.29, 1.82) is 0 Å². The molecule has 1 saturated heterocycles. The molecule has 0 radical (unpaired) electrons. The molecule has 7 nitrogen and oxygen atoms in total. The summed E-state index contributed by atoms with van der Waals surface area (Å²) >= 11 is 0. The van der Waals surface area contributed by atoms with Gasteiger partial charge in [-0.15, -0.1) is 0 Å². The molecule has 1 aliphatic heterocycles. The number of fused-ring (bicyclic) bond motifs is 1. The van der Waals surface area contributed by atoms with Crippen LogP contribution in [0.5, 0.6) is 23.0 Å². The van der Waals surface area contributed by atoms with Crippen LogP contribution in [0.3, 0.4) is 0 Å². The van der Waals surface area contributed by atoms with E-state index in [4.69, 9.17) is 23.7 Å². The van der Waals surface area contributed by atoms with Crippen LogP contribution in [0.25, 0.3) is 0 Å². The van der Waals surface area contributed by atoms with Gasteiger partial charge in [0.2, 0.25) is 0 Å². The molecule has 4 rings (SSSR count). The highest BCUT2D eigenvalue weighted by Crippen LogP contribution is 2.49. The van der Waals surface area contributed by atoms with E-state index in [1.54, 1.807) is 46.6 Å². The summed E-state index contributed by atoms with van der Waals surface area (Å²) in [6.45, 7) is 0.965. The minimum absolute atomic E-state index is 0.0620. The summed E-state index contributed by atoms with van der Waals surface area (Å²) in [5.74, 6) is 2.81. The van der Waals surface area contributed by atoms with E-state index in [2.05, 4.69) is 30.2 Å². The van der Waals surface area contributed by atoms with Crippen molar-refractivity contribution in [3.63, 3.8) is 0 Å². The Morgan fingerprint density at radius 3 is 2.18 bits per heavy atom. The average Bonchev–Trinajstić information content (AvgIpc) is 3.19. The molecular weight excluding hydrogens is 422 g/mol. The van der Waals surface area contributed by atoms with Gasteiger partial charge in [0.25, 0.3) is 0 Å². The number of likely N-dealkylation sites (tertiary alicyclic amines) is 1. The second kappa shape index (κ2) is 9.35. The van der Waals surface area contributed by atoms with Crippen LogP contribution in [0.15, 0.2) is 48.2 Å². The van der Waals surface area contributed by atoms with Crippen molar-refractivity contribution in [2.24, 2.45) is 0 Å². The Bertz CT molecular complexity index is 1060. The van der Waals surface area contributed by atoms with Gasteiger partial charge in [-0.1, -0.05) is 6.07 Å². The zero-order valence-electron chi connectivity index (χ0n) is 19.8. The first-order chi connectivity index (χ1) is 15.9. The molecule has 33 heavy (non-hydrogen) atoms. The van der Waals surface area contributed by atoms with Gasteiger partial charge in [0.15, 0.2) is 23.0 Å². The van der Waals surface area contributed by atoms with E-state index in [0.29, 0.717) is 29.2 Å². The summed E-state index contributed by atoms with van der Waals surface area (Å²) in [4.78, 5) is 15.2. The number of ether oxygens (including phenoxy) is 5. The lowest BCUT2D eigenvalue weighted by molar-refractivity contribution is 0.0593. The second-order valence-electron chi connectivity index (χ2n) is 8.49. The summed E-state index contributed by atoms with van der Waals surface area (Å²) in [6.07, 6.45) is 4.68. The molecule has 0 aromatic heterocycles. The van der Waals surface area contributed by atoms with Gasteiger partial charge in [-0.05, 0) is 68.4 Å². The van der Waals surface area contributed by atoms with Gasteiger partial charge in [-0.25, -0.2) is 4.79 Å². The van der Waals surface area contributed by atoms with E-state index in [9.17, 15) is 4.79 Å². The third-order valence-corrected chi connectivity index (χ3v) is 6.91. The Labute approximate surface area is 194 Å². The third-order valence-electron chi connectivity index (χ3n) is 6.91. The minimum atomic E-state index is -0.401. The highest BCUT2D eigenvalue weighted by Gasteiger charge is 2.48. The number of hydrogen-bond donors (Lipinski definition) is 0. The smallest absolute Gasteiger partial charge is 0.343 e. The molecule has 1 fully saturated rings. The first-order valence-electron chi connectivity index (χ1n) is 11.0. The van der Waals surface area contributed by atoms with Crippen molar-refractivity contribution < 1.29 is 28.5 Å². The van der Waals surface area contributed by atoms with Gasteiger partial charge in [0.05, 0.1) is 34.0 Å². The number of benzene rings is 2. The highest BCUT2D eigenvalue weighted by atomic mass is 16.5. The number of methoxy groups -OCH3 is 4. The topological polar surface area (TPSA) is 66.5 Å². The van der Waals surface area contributed by atoms with Gasteiger partial charge in [-0.2, -0.15) is 0 Å². The molecule has 1 heterocycles. The van der Waals surface area contributed by atoms with Crippen molar-refractivity contribution in [3.8, 4) is 23.0 Å². The van der Waals surface area contributed by atoms with E-state index in [-0.39, 0.29) is 11.5 Å². The van der Waals surface area contributed by atoms with Crippen LogP contribution < -0.4 is 18.9 Å². The Morgan fingerprint density at radius 2 is 1.52 bits per heavy atom. The molecule has 176 valence electrons. The van der Waals surface area contributed by atoms with E-state index in [1.165, 1.54) is 5.56 Å². The molecule has 2 aromatic rings. The quantitative estimate of drug-likeness (QED) is 0.582. The maximum Gasteiger partial charge on any atom is 0.343 e. The van der Waals surface area contributed by atoms with Gasteiger partial charge < -0.3 is 23.7 Å². The molecule has 2 aliphatic rings. The van der Waals surface area contributed by atoms with Crippen LogP contribution in [-0.4, -0.2) is 58.9 Å². The van der Waals surface area contributed by atoms with E-state index in [1.807, 2.05) is 6.07 Å². The molecule has 0 spiro atoms. The average molecular weight is 454 g/mol. The number of rotatable bonds is 7. The van der Waals surface area contributed by atoms with E-state index >= 15 is 0 Å². The summed E-state index contributed by atoms with van der Waals surface area (Å²) in [5, 5.41) is 0. The predicted molar refractivity (Wildman–Crippen MR) is 125 cm³/mol. The van der Waals surface area contributed by atoms with Crippen molar-refractivity contribution >= 4 is 5.97 Å². The fourth-order valence-corrected chi connectivity index (χ4v) is 5.08. The molecule has 0 saturated carbocycles. The molecule has 7 heteroatoms. The van der Waals surface area contributed by atoms with Crippen LogP contribution in [0.4, 0.5) is 0 Å². The molecular formula is C26H31NO6. The van der Waals surface area contributed by atoms with Gasteiger partial charge >= 0.3 is 5.97 Å². The summed E-state index contributed by atoms with van der Waals surface area (Å²) in [6, 6.07) is 11.3.